The summed E-state index contributed by atoms with van der Waals surface area (Å²) < 4.78 is 23.2. The minimum Gasteiger partial charge on any atom is -0.468 e. The smallest absolute Gasteiger partial charge is 0.338 e. The van der Waals surface area contributed by atoms with Crippen molar-refractivity contribution >= 4 is 67.3 Å². The highest BCUT2D eigenvalue weighted by Gasteiger charge is 2.73. The van der Waals surface area contributed by atoms with Crippen LogP contribution < -0.4 is 0 Å². The Balaban J connectivity index is 0.000000157. The maximum absolute atomic E-state index is 13.0. The topological polar surface area (TPSA) is 139 Å². The van der Waals surface area contributed by atoms with Crippen molar-refractivity contribution in [1.82, 2.24) is 0 Å². The quantitative estimate of drug-likeness (QED) is 0.185. The van der Waals surface area contributed by atoms with E-state index in [1.165, 1.54) is 14.2 Å². The van der Waals surface area contributed by atoms with Crippen LogP contribution in [-0.2, 0) is 38.1 Å². The number of ether oxygens (including phenoxy) is 4. The summed E-state index contributed by atoms with van der Waals surface area (Å²) in [5.74, 6) is -1.87. The van der Waals surface area contributed by atoms with Gasteiger partial charge in [0.05, 0.1) is 25.3 Å². The minimum atomic E-state index is -1.30. The lowest BCUT2D eigenvalue weighted by Crippen LogP contribution is -2.59. The molecule has 10 nitrogen and oxygen atoms in total. The van der Waals surface area contributed by atoms with E-state index in [0.29, 0.717) is 48.6 Å². The van der Waals surface area contributed by atoms with Gasteiger partial charge < -0.3 is 18.9 Å². The van der Waals surface area contributed by atoms with Gasteiger partial charge in [0.1, 0.15) is 12.2 Å². The molecule has 10 atom stereocenters. The second kappa shape index (κ2) is 13.3. The van der Waals surface area contributed by atoms with Crippen LogP contribution in [0.15, 0.2) is 57.5 Å². The van der Waals surface area contributed by atoms with Gasteiger partial charge >= 0.3 is 23.9 Å². The zero-order valence-corrected chi connectivity index (χ0v) is 30.9. The Morgan fingerprint density at radius 2 is 0.940 bits per heavy atom. The molecule has 0 aliphatic heterocycles. The molecule has 0 radical (unpaired) electrons. The lowest BCUT2D eigenvalue weighted by molar-refractivity contribution is -0.180. The van der Waals surface area contributed by atoms with Crippen LogP contribution in [0.4, 0.5) is 0 Å². The Morgan fingerprint density at radius 3 is 1.26 bits per heavy atom. The first-order chi connectivity index (χ1) is 24.0. The number of rotatable bonds is 6. The maximum Gasteiger partial charge on any atom is 0.338 e. The highest BCUT2D eigenvalue weighted by atomic mass is 79.9. The van der Waals surface area contributed by atoms with E-state index in [-0.39, 0.29) is 35.2 Å². The number of carbonyl (C=O) groups is 6. The second-order valence-electron chi connectivity index (χ2n) is 14.5. The van der Waals surface area contributed by atoms with Gasteiger partial charge in [-0.1, -0.05) is 31.9 Å². The molecule has 50 heavy (non-hydrogen) atoms. The first-order valence-electron chi connectivity index (χ1n) is 17.1. The van der Waals surface area contributed by atoms with Gasteiger partial charge in [-0.2, -0.15) is 0 Å². The summed E-state index contributed by atoms with van der Waals surface area (Å²) in [7, 11) is 2.60. The highest BCUT2D eigenvalue weighted by Crippen LogP contribution is 2.64. The van der Waals surface area contributed by atoms with E-state index < -0.39 is 46.9 Å². The van der Waals surface area contributed by atoms with Crippen LogP contribution in [0.25, 0.3) is 0 Å². The van der Waals surface area contributed by atoms with E-state index in [0.717, 1.165) is 34.6 Å². The van der Waals surface area contributed by atoms with Crippen molar-refractivity contribution in [1.29, 1.82) is 0 Å². The number of esters is 4. The Hall–Kier alpha value is -3.38. The standard InChI is InChI=1S/2C19H19BrO5/c2*1-24-18(23)19-14-9-12(16(19)21)8-11(14)4-7-15(19)25-17(22)10-2-5-13(20)6-3-10/h2*2-3,5-6,11-12,14-15H,4,7-9H2,1H3/t2*11-,12+,14+,15-,19-/m00/s1. The van der Waals surface area contributed by atoms with Crippen molar-refractivity contribution in [2.75, 3.05) is 14.2 Å². The third-order valence-corrected chi connectivity index (χ3v) is 13.5. The number of benzene rings is 2. The molecular weight excluding hydrogens is 776 g/mol. The SMILES string of the molecule is COC(=O)[C@]12C(=O)[C@@H]3C[C@H](CC[C@@H]1OC(=O)c1ccc(Br)cc1)[C@H]2C3.COC(=O)[C@]12C(=O)[C@@H]3C[C@H](CC[C@@H]1OC(=O)c1ccc(Br)cc1)[C@H]2C3. The van der Waals surface area contributed by atoms with E-state index in [9.17, 15) is 28.8 Å². The van der Waals surface area contributed by atoms with Crippen LogP contribution in [0.3, 0.4) is 0 Å². The van der Waals surface area contributed by atoms with Gasteiger partial charge in [0, 0.05) is 20.8 Å². The average Bonchev–Trinajstić information content (AvgIpc) is 3.89. The molecule has 2 aromatic carbocycles. The summed E-state index contributed by atoms with van der Waals surface area (Å²) in [4.78, 5) is 76.4. The fraction of sp³-hybridized carbons (Fsp3) is 0.526. The summed E-state index contributed by atoms with van der Waals surface area (Å²) >= 11 is 6.66. The molecule has 6 aliphatic carbocycles. The largest absolute Gasteiger partial charge is 0.468 e. The van der Waals surface area contributed by atoms with Crippen LogP contribution in [0.5, 0.6) is 0 Å². The molecule has 6 fully saturated rings. The normalized spacial score (nSPS) is 35.5. The van der Waals surface area contributed by atoms with Crippen molar-refractivity contribution < 1.29 is 47.7 Å². The van der Waals surface area contributed by atoms with Gasteiger partial charge in [-0.15, -0.1) is 0 Å². The molecule has 264 valence electrons. The van der Waals surface area contributed by atoms with Crippen LogP contribution in [0.1, 0.15) is 72.1 Å². The predicted octanol–water partition coefficient (Wildman–Crippen LogP) is 6.31. The third kappa shape index (κ3) is 5.30. The number of carbonyl (C=O) groups excluding carboxylic acids is 6. The fourth-order valence-electron chi connectivity index (χ4n) is 10.4. The zero-order chi connectivity index (χ0) is 35.5. The minimum absolute atomic E-state index is 0.0612. The van der Waals surface area contributed by atoms with E-state index in [2.05, 4.69) is 31.9 Å². The van der Waals surface area contributed by atoms with E-state index in [1.807, 2.05) is 0 Å². The second-order valence-corrected chi connectivity index (χ2v) is 16.3. The summed E-state index contributed by atoms with van der Waals surface area (Å²) in [6, 6.07) is 13.7. The first-order valence-corrected chi connectivity index (χ1v) is 18.7. The zero-order valence-electron chi connectivity index (χ0n) is 27.7. The number of halogens is 2. The monoisotopic (exact) mass is 812 g/mol. The van der Waals surface area contributed by atoms with Crippen molar-refractivity contribution in [3.8, 4) is 0 Å². The van der Waals surface area contributed by atoms with E-state index in [1.54, 1.807) is 48.5 Å². The molecule has 6 saturated carbocycles. The third-order valence-electron chi connectivity index (χ3n) is 12.4. The average molecular weight is 815 g/mol. The molecule has 0 saturated heterocycles. The summed E-state index contributed by atoms with van der Waals surface area (Å²) in [6.45, 7) is 0. The summed E-state index contributed by atoms with van der Waals surface area (Å²) in [6.07, 6.45) is 4.47. The first kappa shape index (κ1) is 35.0. The molecule has 0 spiro atoms. The van der Waals surface area contributed by atoms with Gasteiger partial charge in [-0.25, -0.2) is 9.59 Å². The number of hydrogen-bond acceptors (Lipinski definition) is 10. The molecule has 6 aliphatic rings. The van der Waals surface area contributed by atoms with Crippen molar-refractivity contribution in [3.05, 3.63) is 68.6 Å². The number of Topliss-reactive ketones (excluding diaryl/α,β-unsaturated/α-hetero) is 2. The van der Waals surface area contributed by atoms with Gasteiger partial charge in [-0.3, -0.25) is 19.2 Å². The lowest BCUT2D eigenvalue weighted by Gasteiger charge is -2.46. The van der Waals surface area contributed by atoms with Gasteiger partial charge in [0.15, 0.2) is 22.4 Å². The van der Waals surface area contributed by atoms with Gasteiger partial charge in [-0.05, 0) is 124 Å². The molecular formula is C38H38Br2O10. The molecule has 0 aromatic heterocycles. The molecule has 4 bridgehead atoms. The van der Waals surface area contributed by atoms with Crippen molar-refractivity contribution in [2.45, 2.75) is 63.6 Å². The molecule has 0 amide bonds. The summed E-state index contributed by atoms with van der Waals surface area (Å²) in [5.41, 5.74) is -1.79. The number of hydrogen-bond donors (Lipinski definition) is 0. The van der Waals surface area contributed by atoms with Crippen LogP contribution in [-0.4, -0.2) is 61.9 Å². The molecule has 0 heterocycles. The number of ketones is 2. The predicted molar refractivity (Wildman–Crippen MR) is 183 cm³/mol. The molecule has 8 rings (SSSR count). The molecule has 0 unspecified atom stereocenters. The Kier molecular flexibility index (Phi) is 9.33. The highest BCUT2D eigenvalue weighted by molar-refractivity contribution is 9.10. The Labute approximate surface area is 306 Å². The Morgan fingerprint density at radius 1 is 0.580 bits per heavy atom. The van der Waals surface area contributed by atoms with Crippen LogP contribution in [0, 0.1) is 46.3 Å². The maximum atomic E-state index is 13.0. The number of methoxy groups -OCH3 is 2. The molecule has 2 aromatic rings. The lowest BCUT2D eigenvalue weighted by atomic mass is 9.58. The number of fused-ring (bicyclic) bond motifs is 2. The van der Waals surface area contributed by atoms with Crippen LogP contribution >= 0.6 is 31.9 Å². The molecule has 12 heteroatoms. The molecule has 0 N–H and O–H groups in total. The fourth-order valence-corrected chi connectivity index (χ4v) is 11.0. The van der Waals surface area contributed by atoms with Crippen molar-refractivity contribution in [2.24, 2.45) is 46.3 Å². The van der Waals surface area contributed by atoms with Gasteiger partial charge in [0.2, 0.25) is 0 Å². The summed E-state index contributed by atoms with van der Waals surface area (Å²) in [5, 5.41) is 0. The van der Waals surface area contributed by atoms with E-state index >= 15 is 0 Å². The van der Waals surface area contributed by atoms with Gasteiger partial charge in [0.25, 0.3) is 0 Å². The Bertz CT molecular complexity index is 1610. The van der Waals surface area contributed by atoms with Crippen molar-refractivity contribution in [3.63, 3.8) is 0 Å². The van der Waals surface area contributed by atoms with E-state index in [4.69, 9.17) is 18.9 Å². The van der Waals surface area contributed by atoms with Crippen LogP contribution in [0.2, 0.25) is 0 Å².